The Morgan fingerprint density at radius 3 is 2.41 bits per heavy atom. The first-order valence-corrected chi connectivity index (χ1v) is 10.9. The highest BCUT2D eigenvalue weighted by Crippen LogP contribution is 2.20. The third-order valence-corrected chi connectivity index (χ3v) is 5.61. The van der Waals surface area contributed by atoms with E-state index in [2.05, 4.69) is 12.2 Å². The van der Waals surface area contributed by atoms with Crippen molar-refractivity contribution >= 4 is 23.6 Å². The van der Waals surface area contributed by atoms with Crippen molar-refractivity contribution in [2.75, 3.05) is 19.4 Å². The number of benzene rings is 2. The number of nitrogens with zero attached hydrogens (tertiary/aromatic N) is 1. The smallest absolute Gasteiger partial charge is 0.242 e. The summed E-state index contributed by atoms with van der Waals surface area (Å²) >= 11 is 1.48. The van der Waals surface area contributed by atoms with Gasteiger partial charge in [-0.25, -0.2) is 0 Å². The van der Waals surface area contributed by atoms with Crippen molar-refractivity contribution in [3.8, 4) is 5.75 Å². The number of thioether (sulfide) groups is 1. The summed E-state index contributed by atoms with van der Waals surface area (Å²) in [5, 5.41) is 2.94. The minimum Gasteiger partial charge on any atom is -0.497 e. The molecule has 2 aromatic rings. The summed E-state index contributed by atoms with van der Waals surface area (Å²) in [7, 11) is 1.62. The quantitative estimate of drug-likeness (QED) is 0.444. The lowest BCUT2D eigenvalue weighted by Crippen LogP contribution is -2.48. The molecule has 2 aromatic carbocycles. The van der Waals surface area contributed by atoms with Gasteiger partial charge in [0.05, 0.1) is 12.9 Å². The van der Waals surface area contributed by atoms with Crippen molar-refractivity contribution in [3.63, 3.8) is 0 Å². The molecule has 0 heterocycles. The van der Waals surface area contributed by atoms with Gasteiger partial charge < -0.3 is 15.0 Å². The van der Waals surface area contributed by atoms with Gasteiger partial charge in [0, 0.05) is 18.0 Å². The van der Waals surface area contributed by atoms with Gasteiger partial charge in [0.25, 0.3) is 0 Å². The van der Waals surface area contributed by atoms with E-state index in [9.17, 15) is 9.59 Å². The third-order valence-electron chi connectivity index (χ3n) is 4.61. The molecule has 156 valence electrons. The van der Waals surface area contributed by atoms with Crippen LogP contribution in [0.25, 0.3) is 0 Å². The van der Waals surface area contributed by atoms with Gasteiger partial charge in [0.15, 0.2) is 0 Å². The number of nitrogens with one attached hydrogen (secondary N) is 1. The Balaban J connectivity index is 2.09. The van der Waals surface area contributed by atoms with E-state index in [-0.39, 0.29) is 17.6 Å². The Bertz CT molecular complexity index is 765. The second-order valence-electron chi connectivity index (χ2n) is 6.79. The molecule has 0 aliphatic carbocycles. The first kappa shape index (κ1) is 22.8. The lowest BCUT2D eigenvalue weighted by Gasteiger charge is -2.29. The minimum absolute atomic E-state index is 0.0622. The molecule has 0 saturated carbocycles. The van der Waals surface area contributed by atoms with Gasteiger partial charge in [0.1, 0.15) is 11.8 Å². The molecular formula is C23H30N2O3S. The van der Waals surface area contributed by atoms with Crippen LogP contribution in [0.1, 0.15) is 32.3 Å². The molecule has 5 nitrogen and oxygen atoms in total. The van der Waals surface area contributed by atoms with Crippen LogP contribution in [-0.4, -0.2) is 42.2 Å². The summed E-state index contributed by atoms with van der Waals surface area (Å²) in [6, 6.07) is 16.8. The van der Waals surface area contributed by atoms with Crippen molar-refractivity contribution in [2.24, 2.45) is 0 Å². The van der Waals surface area contributed by atoms with Crippen molar-refractivity contribution in [3.05, 3.63) is 60.2 Å². The molecule has 2 amide bonds. The summed E-state index contributed by atoms with van der Waals surface area (Å²) in [5.74, 6) is 0.863. The zero-order chi connectivity index (χ0) is 21.1. The first-order chi connectivity index (χ1) is 14.0. The number of carbonyl (C=O) groups excluding carboxylic acids is 2. The monoisotopic (exact) mass is 414 g/mol. The molecule has 6 heteroatoms. The van der Waals surface area contributed by atoms with E-state index in [1.54, 1.807) is 18.9 Å². The van der Waals surface area contributed by atoms with Crippen LogP contribution in [0.5, 0.6) is 5.75 Å². The Morgan fingerprint density at radius 2 is 1.79 bits per heavy atom. The number of carbonyl (C=O) groups is 2. The van der Waals surface area contributed by atoms with Crippen molar-refractivity contribution < 1.29 is 14.3 Å². The van der Waals surface area contributed by atoms with Crippen LogP contribution in [0.2, 0.25) is 0 Å². The average Bonchev–Trinajstić information content (AvgIpc) is 2.76. The van der Waals surface area contributed by atoms with Crippen molar-refractivity contribution in [2.45, 2.75) is 44.2 Å². The van der Waals surface area contributed by atoms with Crippen molar-refractivity contribution in [1.29, 1.82) is 0 Å². The van der Waals surface area contributed by atoms with Gasteiger partial charge in [-0.15, -0.1) is 11.8 Å². The highest BCUT2D eigenvalue weighted by atomic mass is 32.2. The highest BCUT2D eigenvalue weighted by molar-refractivity contribution is 8.00. The Kier molecular flexibility index (Phi) is 9.57. The first-order valence-electron chi connectivity index (χ1n) is 9.93. The molecule has 0 unspecified atom stereocenters. The molecule has 1 atom stereocenters. The zero-order valence-corrected chi connectivity index (χ0v) is 18.2. The molecule has 1 N–H and O–H groups in total. The summed E-state index contributed by atoms with van der Waals surface area (Å²) < 4.78 is 5.20. The fourth-order valence-corrected chi connectivity index (χ4v) is 3.60. The minimum atomic E-state index is -0.544. The van der Waals surface area contributed by atoms with E-state index in [0.717, 1.165) is 29.1 Å². The van der Waals surface area contributed by atoms with Crippen LogP contribution in [0.15, 0.2) is 59.5 Å². The van der Waals surface area contributed by atoms with Gasteiger partial charge in [-0.3, -0.25) is 9.59 Å². The van der Waals surface area contributed by atoms with E-state index in [4.69, 9.17) is 4.74 Å². The number of unbranched alkanes of at least 4 members (excludes halogenated alkanes) is 1. The Labute approximate surface area is 177 Å². The summed E-state index contributed by atoms with van der Waals surface area (Å²) in [6.07, 6.45) is 1.94. The van der Waals surface area contributed by atoms with Gasteiger partial charge in [0.2, 0.25) is 11.8 Å². The van der Waals surface area contributed by atoms with Gasteiger partial charge in [-0.1, -0.05) is 43.7 Å². The molecule has 0 bridgehead atoms. The number of hydrogen-bond donors (Lipinski definition) is 1. The number of hydrogen-bond acceptors (Lipinski definition) is 4. The molecule has 0 fully saturated rings. The predicted octanol–water partition coefficient (Wildman–Crippen LogP) is 4.12. The Morgan fingerprint density at radius 1 is 1.10 bits per heavy atom. The molecule has 0 aliphatic rings. The van der Waals surface area contributed by atoms with E-state index in [1.807, 2.05) is 54.6 Å². The van der Waals surface area contributed by atoms with Gasteiger partial charge >= 0.3 is 0 Å². The normalized spacial score (nSPS) is 11.6. The maximum atomic E-state index is 13.0. The standard InChI is InChI=1S/C23H30N2O3S/c1-4-5-15-24-23(27)18(2)25(16-19-11-13-20(28-3)14-12-19)22(26)17-29-21-9-7-6-8-10-21/h6-14,18H,4-5,15-17H2,1-3H3,(H,24,27)/t18-/m1/s1. The molecular weight excluding hydrogens is 384 g/mol. The van der Waals surface area contributed by atoms with Crippen LogP contribution in [0.3, 0.4) is 0 Å². The van der Waals surface area contributed by atoms with Gasteiger partial charge in [-0.05, 0) is 43.2 Å². The molecule has 0 saturated heterocycles. The van der Waals surface area contributed by atoms with Crippen LogP contribution >= 0.6 is 11.8 Å². The van der Waals surface area contributed by atoms with E-state index in [0.29, 0.717) is 13.1 Å². The molecule has 29 heavy (non-hydrogen) atoms. The zero-order valence-electron chi connectivity index (χ0n) is 17.4. The highest BCUT2D eigenvalue weighted by Gasteiger charge is 2.26. The largest absolute Gasteiger partial charge is 0.497 e. The SMILES string of the molecule is CCCCNC(=O)[C@@H](C)N(Cc1ccc(OC)cc1)C(=O)CSc1ccccc1. The summed E-state index contributed by atoms with van der Waals surface area (Å²) in [5.41, 5.74) is 0.956. The molecule has 2 rings (SSSR count). The molecule has 0 spiro atoms. The van der Waals surface area contributed by atoms with Crippen LogP contribution in [0, 0.1) is 0 Å². The molecule has 0 aromatic heterocycles. The second-order valence-corrected chi connectivity index (χ2v) is 7.84. The molecule has 0 radical (unpaired) electrons. The van der Waals surface area contributed by atoms with E-state index < -0.39 is 6.04 Å². The summed E-state index contributed by atoms with van der Waals surface area (Å²) in [4.78, 5) is 28.3. The Hall–Kier alpha value is -2.47. The number of ether oxygens (including phenoxy) is 1. The maximum Gasteiger partial charge on any atom is 0.242 e. The number of methoxy groups -OCH3 is 1. The number of amides is 2. The van der Waals surface area contributed by atoms with E-state index in [1.165, 1.54) is 11.8 Å². The lowest BCUT2D eigenvalue weighted by molar-refractivity contribution is -0.138. The lowest BCUT2D eigenvalue weighted by atomic mass is 10.1. The topological polar surface area (TPSA) is 58.6 Å². The second kappa shape index (κ2) is 12.2. The van der Waals surface area contributed by atoms with Crippen LogP contribution in [-0.2, 0) is 16.1 Å². The number of rotatable bonds is 11. The average molecular weight is 415 g/mol. The van der Waals surface area contributed by atoms with E-state index >= 15 is 0 Å². The fraction of sp³-hybridized carbons (Fsp3) is 0.391. The molecule has 0 aliphatic heterocycles. The van der Waals surface area contributed by atoms with Gasteiger partial charge in [-0.2, -0.15) is 0 Å². The fourth-order valence-electron chi connectivity index (χ4n) is 2.79. The van der Waals surface area contributed by atoms with Crippen LogP contribution in [0.4, 0.5) is 0 Å². The van der Waals surface area contributed by atoms with Crippen LogP contribution < -0.4 is 10.1 Å². The third kappa shape index (κ3) is 7.46. The van der Waals surface area contributed by atoms with Crippen molar-refractivity contribution in [1.82, 2.24) is 10.2 Å². The summed E-state index contributed by atoms with van der Waals surface area (Å²) in [6.45, 7) is 4.87. The maximum absolute atomic E-state index is 13.0. The predicted molar refractivity (Wildman–Crippen MR) is 118 cm³/mol.